The first-order chi connectivity index (χ1) is 16.5. The fourth-order valence-electron chi connectivity index (χ4n) is 3.70. The molecule has 4 rings (SSSR count). The minimum Gasteiger partial charge on any atom is -0.492 e. The van der Waals surface area contributed by atoms with Gasteiger partial charge in [0.15, 0.2) is 0 Å². The molecule has 8 nitrogen and oxygen atoms in total. The molecule has 3 aromatic rings. The first-order valence-electron chi connectivity index (χ1n) is 11.3. The van der Waals surface area contributed by atoms with Crippen molar-refractivity contribution < 1.29 is 23.5 Å². The number of imide groups is 2. The van der Waals surface area contributed by atoms with E-state index in [4.69, 9.17) is 9.15 Å². The quantitative estimate of drug-likeness (QED) is 0.378. The third kappa shape index (κ3) is 5.11. The zero-order valence-corrected chi connectivity index (χ0v) is 19.2. The number of benzene rings is 1. The highest BCUT2D eigenvalue weighted by molar-refractivity contribution is 6.30. The number of carbonyl (C=O) groups is 3. The summed E-state index contributed by atoms with van der Waals surface area (Å²) in [4.78, 5) is 38.4. The molecule has 176 valence electrons. The van der Waals surface area contributed by atoms with Crippen LogP contribution < -0.4 is 10.1 Å². The van der Waals surface area contributed by atoms with Gasteiger partial charge in [-0.25, -0.2) is 4.79 Å². The Kier molecular flexibility index (Phi) is 6.96. The SMILES string of the molecule is CC[C@@H](C)c1ccc(OCCn2cccc2/C=C2\C(=O)NC(=O)N(Cc3ccco3)C2=O)cc1. The first-order valence-corrected chi connectivity index (χ1v) is 11.3. The maximum Gasteiger partial charge on any atom is 0.331 e. The normalized spacial score (nSPS) is 16.1. The molecule has 34 heavy (non-hydrogen) atoms. The molecule has 1 saturated heterocycles. The van der Waals surface area contributed by atoms with E-state index >= 15 is 0 Å². The second kappa shape index (κ2) is 10.2. The fourth-order valence-corrected chi connectivity index (χ4v) is 3.70. The van der Waals surface area contributed by atoms with Gasteiger partial charge in [0, 0.05) is 11.9 Å². The zero-order chi connectivity index (χ0) is 24.1. The van der Waals surface area contributed by atoms with E-state index in [0.717, 1.165) is 17.1 Å². The molecule has 2 aromatic heterocycles. The van der Waals surface area contributed by atoms with Crippen LogP contribution in [0.5, 0.6) is 5.75 Å². The van der Waals surface area contributed by atoms with Crippen LogP contribution in [0.2, 0.25) is 0 Å². The molecule has 0 radical (unpaired) electrons. The van der Waals surface area contributed by atoms with Crippen LogP contribution >= 0.6 is 0 Å². The lowest BCUT2D eigenvalue weighted by Gasteiger charge is -2.25. The van der Waals surface area contributed by atoms with Crippen LogP contribution in [0.1, 0.15) is 43.2 Å². The largest absolute Gasteiger partial charge is 0.492 e. The maximum atomic E-state index is 12.9. The number of amides is 4. The van der Waals surface area contributed by atoms with Gasteiger partial charge in [-0.05, 0) is 60.4 Å². The number of hydrogen-bond donors (Lipinski definition) is 1. The third-order valence-electron chi connectivity index (χ3n) is 5.90. The summed E-state index contributed by atoms with van der Waals surface area (Å²) in [6.07, 6.45) is 5.87. The standard InChI is InChI=1S/C26H27N3O5/c1-3-18(2)19-8-10-21(11-9-19)34-15-13-28-12-4-6-20(28)16-23-24(30)27-26(32)29(25(23)31)17-22-7-5-14-33-22/h4-12,14,16,18H,3,13,15,17H2,1-2H3,(H,27,30,32)/b23-16+/t18-/m1/s1. The Balaban J connectivity index is 1.42. The molecule has 0 saturated carbocycles. The van der Waals surface area contributed by atoms with Gasteiger partial charge in [-0.2, -0.15) is 0 Å². The summed E-state index contributed by atoms with van der Waals surface area (Å²) in [6.45, 7) is 5.23. The van der Waals surface area contributed by atoms with Crippen molar-refractivity contribution >= 4 is 23.9 Å². The van der Waals surface area contributed by atoms with Crippen LogP contribution in [-0.2, 0) is 22.7 Å². The van der Waals surface area contributed by atoms with E-state index in [0.29, 0.717) is 30.5 Å². The molecule has 0 aliphatic carbocycles. The second-order valence-electron chi connectivity index (χ2n) is 8.14. The number of furan rings is 1. The van der Waals surface area contributed by atoms with Gasteiger partial charge in [-0.15, -0.1) is 0 Å². The number of barbiturate groups is 1. The Morgan fingerprint density at radius 1 is 1.09 bits per heavy atom. The van der Waals surface area contributed by atoms with Crippen molar-refractivity contribution in [3.8, 4) is 5.75 Å². The molecule has 1 aliphatic heterocycles. The van der Waals surface area contributed by atoms with Crippen LogP contribution in [0.4, 0.5) is 4.79 Å². The smallest absolute Gasteiger partial charge is 0.331 e. The van der Waals surface area contributed by atoms with E-state index in [1.807, 2.05) is 29.0 Å². The summed E-state index contributed by atoms with van der Waals surface area (Å²) in [5.41, 5.74) is 1.82. The van der Waals surface area contributed by atoms with E-state index in [2.05, 4.69) is 31.3 Å². The third-order valence-corrected chi connectivity index (χ3v) is 5.90. The van der Waals surface area contributed by atoms with Gasteiger partial charge in [0.2, 0.25) is 0 Å². The Labute approximate surface area is 197 Å². The average molecular weight is 462 g/mol. The summed E-state index contributed by atoms with van der Waals surface area (Å²) in [7, 11) is 0. The highest BCUT2D eigenvalue weighted by Crippen LogP contribution is 2.22. The van der Waals surface area contributed by atoms with Crippen molar-refractivity contribution in [2.75, 3.05) is 6.61 Å². The number of ether oxygens (including phenoxy) is 1. The molecule has 1 N–H and O–H groups in total. The molecule has 0 unspecified atom stereocenters. The number of nitrogens with zero attached hydrogens (tertiary/aromatic N) is 2. The van der Waals surface area contributed by atoms with Gasteiger partial charge in [0.25, 0.3) is 11.8 Å². The van der Waals surface area contributed by atoms with Crippen LogP contribution in [0, 0.1) is 0 Å². The van der Waals surface area contributed by atoms with E-state index in [1.54, 1.807) is 18.2 Å². The molecule has 0 spiro atoms. The zero-order valence-electron chi connectivity index (χ0n) is 19.2. The molecule has 1 aromatic carbocycles. The van der Waals surface area contributed by atoms with Crippen LogP contribution in [0.15, 0.2) is 71.0 Å². The summed E-state index contributed by atoms with van der Waals surface area (Å²) in [5.74, 6) is 0.337. The van der Waals surface area contributed by atoms with Crippen molar-refractivity contribution in [2.24, 2.45) is 0 Å². The van der Waals surface area contributed by atoms with Crippen LogP contribution in [0.3, 0.4) is 0 Å². The Morgan fingerprint density at radius 3 is 2.59 bits per heavy atom. The number of carbonyl (C=O) groups excluding carboxylic acids is 3. The number of rotatable bonds is 9. The molecule has 8 heteroatoms. The number of nitrogens with one attached hydrogen (secondary N) is 1. The number of hydrogen-bond acceptors (Lipinski definition) is 5. The van der Waals surface area contributed by atoms with Crippen molar-refractivity contribution in [3.63, 3.8) is 0 Å². The van der Waals surface area contributed by atoms with Crippen molar-refractivity contribution in [1.82, 2.24) is 14.8 Å². The molecule has 1 aliphatic rings. The Bertz CT molecular complexity index is 1190. The van der Waals surface area contributed by atoms with Crippen molar-refractivity contribution in [1.29, 1.82) is 0 Å². The molecule has 3 heterocycles. The lowest BCUT2D eigenvalue weighted by molar-refractivity contribution is -0.130. The second-order valence-corrected chi connectivity index (χ2v) is 8.14. The number of urea groups is 1. The van der Waals surface area contributed by atoms with Gasteiger partial charge in [-0.1, -0.05) is 26.0 Å². The average Bonchev–Trinajstić information content (AvgIpc) is 3.51. The van der Waals surface area contributed by atoms with Crippen LogP contribution in [0.25, 0.3) is 6.08 Å². The summed E-state index contributed by atoms with van der Waals surface area (Å²) in [5, 5.41) is 2.22. The topological polar surface area (TPSA) is 93.8 Å². The molecular formula is C26H27N3O5. The van der Waals surface area contributed by atoms with E-state index in [1.165, 1.54) is 17.9 Å². The van der Waals surface area contributed by atoms with Gasteiger partial charge in [-0.3, -0.25) is 19.8 Å². The molecule has 4 amide bonds. The molecule has 0 bridgehead atoms. The monoisotopic (exact) mass is 461 g/mol. The molecular weight excluding hydrogens is 434 g/mol. The Hall–Kier alpha value is -4.07. The molecule has 1 fully saturated rings. The molecule has 1 atom stereocenters. The Morgan fingerprint density at radius 2 is 1.88 bits per heavy atom. The van der Waals surface area contributed by atoms with Gasteiger partial charge in [0.05, 0.1) is 19.4 Å². The summed E-state index contributed by atoms with van der Waals surface area (Å²) >= 11 is 0. The van der Waals surface area contributed by atoms with Gasteiger partial charge >= 0.3 is 6.03 Å². The minimum atomic E-state index is -0.772. The van der Waals surface area contributed by atoms with Crippen molar-refractivity contribution in [3.05, 3.63) is 83.6 Å². The summed E-state index contributed by atoms with van der Waals surface area (Å²) in [6, 6.07) is 14.3. The minimum absolute atomic E-state index is 0.0625. The van der Waals surface area contributed by atoms with Crippen molar-refractivity contribution in [2.45, 2.75) is 39.3 Å². The lowest BCUT2D eigenvalue weighted by Crippen LogP contribution is -2.53. The fraction of sp³-hybridized carbons (Fsp3) is 0.269. The highest BCUT2D eigenvalue weighted by Gasteiger charge is 2.36. The predicted octanol–water partition coefficient (Wildman–Crippen LogP) is 4.34. The van der Waals surface area contributed by atoms with Crippen LogP contribution in [-0.4, -0.2) is 33.9 Å². The van der Waals surface area contributed by atoms with Gasteiger partial charge in [0.1, 0.15) is 23.7 Å². The lowest BCUT2D eigenvalue weighted by atomic mass is 9.99. The predicted molar refractivity (Wildman–Crippen MR) is 126 cm³/mol. The maximum absolute atomic E-state index is 12.9. The van der Waals surface area contributed by atoms with E-state index in [9.17, 15) is 14.4 Å². The van der Waals surface area contributed by atoms with E-state index in [-0.39, 0.29) is 12.1 Å². The van der Waals surface area contributed by atoms with E-state index < -0.39 is 17.8 Å². The summed E-state index contributed by atoms with van der Waals surface area (Å²) < 4.78 is 13.0. The first kappa shape index (κ1) is 23.1. The number of aromatic nitrogens is 1. The van der Waals surface area contributed by atoms with Gasteiger partial charge < -0.3 is 13.7 Å². The highest BCUT2D eigenvalue weighted by atomic mass is 16.5.